The third-order valence-electron chi connectivity index (χ3n) is 9.18. The van der Waals surface area contributed by atoms with Crippen LogP contribution in [-0.4, -0.2) is 0 Å². The zero-order valence-corrected chi connectivity index (χ0v) is 24.2. The van der Waals surface area contributed by atoms with Crippen molar-refractivity contribution < 1.29 is 0 Å². The highest BCUT2D eigenvalue weighted by Gasteiger charge is 2.31. The van der Waals surface area contributed by atoms with Gasteiger partial charge in [0, 0.05) is 0 Å². The van der Waals surface area contributed by atoms with E-state index in [1.165, 1.54) is 88.3 Å². The van der Waals surface area contributed by atoms with Gasteiger partial charge >= 0.3 is 0 Å². The molecule has 0 aromatic heterocycles. The largest absolute Gasteiger partial charge is 0.0622 e. The van der Waals surface area contributed by atoms with Crippen molar-refractivity contribution in [3.63, 3.8) is 0 Å². The minimum absolute atomic E-state index is 1.22. The molecule has 0 saturated carbocycles. The van der Waals surface area contributed by atoms with E-state index < -0.39 is 0 Å². The Morgan fingerprint density at radius 3 is 1.00 bits per heavy atom. The Morgan fingerprint density at radius 2 is 0.614 bits per heavy atom. The van der Waals surface area contributed by atoms with Gasteiger partial charge in [-0.25, -0.2) is 0 Å². The first-order valence-electron chi connectivity index (χ1n) is 15.3. The van der Waals surface area contributed by atoms with Crippen LogP contribution in [0.25, 0.3) is 88.3 Å². The Bertz CT molecular complexity index is 2170. The third kappa shape index (κ3) is 3.71. The van der Waals surface area contributed by atoms with Crippen molar-refractivity contribution >= 4 is 21.5 Å². The van der Waals surface area contributed by atoms with E-state index in [2.05, 4.69) is 170 Å². The molecule has 0 N–H and O–H groups in total. The third-order valence-corrected chi connectivity index (χ3v) is 9.18. The van der Waals surface area contributed by atoms with E-state index in [0.717, 1.165) is 0 Å². The summed E-state index contributed by atoms with van der Waals surface area (Å²) in [5.41, 5.74) is 15.3. The van der Waals surface area contributed by atoms with Crippen molar-refractivity contribution in [2.45, 2.75) is 0 Å². The molecular formula is C44H28. The van der Waals surface area contributed by atoms with E-state index in [4.69, 9.17) is 0 Å². The van der Waals surface area contributed by atoms with Gasteiger partial charge in [-0.3, -0.25) is 0 Å². The van der Waals surface area contributed by atoms with E-state index in [1.807, 2.05) is 0 Å². The molecule has 0 fully saturated rings. The lowest BCUT2D eigenvalue weighted by atomic mass is 9.80. The zero-order valence-electron chi connectivity index (χ0n) is 24.2. The number of fused-ring (bicyclic) bond motifs is 4. The summed E-state index contributed by atoms with van der Waals surface area (Å²) in [7, 11) is 0. The van der Waals surface area contributed by atoms with Gasteiger partial charge in [-0.15, -0.1) is 0 Å². The van der Waals surface area contributed by atoms with E-state index in [9.17, 15) is 0 Å². The van der Waals surface area contributed by atoms with Crippen LogP contribution in [0.5, 0.6) is 0 Å². The second-order valence-corrected chi connectivity index (χ2v) is 11.6. The predicted octanol–water partition coefficient (Wildman–Crippen LogP) is 12.3. The quantitative estimate of drug-likeness (QED) is 0.202. The molecule has 0 heteroatoms. The van der Waals surface area contributed by atoms with Gasteiger partial charge in [-0.1, -0.05) is 158 Å². The molecule has 204 valence electrons. The lowest BCUT2D eigenvalue weighted by molar-refractivity contribution is 1.59. The minimum atomic E-state index is 1.22. The first-order valence-corrected chi connectivity index (χ1v) is 15.3. The van der Waals surface area contributed by atoms with Gasteiger partial charge in [0.2, 0.25) is 0 Å². The summed E-state index contributed by atoms with van der Waals surface area (Å²) in [6, 6.07) is 62.2. The van der Waals surface area contributed by atoms with Crippen LogP contribution < -0.4 is 0 Å². The Balaban J connectivity index is 1.55. The first kappa shape index (κ1) is 24.8. The highest BCUT2D eigenvalue weighted by molar-refractivity contribution is 6.28. The van der Waals surface area contributed by atoms with E-state index in [-0.39, 0.29) is 0 Å². The fourth-order valence-electron chi connectivity index (χ4n) is 7.35. The first-order chi connectivity index (χ1) is 21.9. The second-order valence-electron chi connectivity index (χ2n) is 11.6. The molecule has 0 saturated heterocycles. The van der Waals surface area contributed by atoms with Crippen LogP contribution in [0.1, 0.15) is 0 Å². The van der Waals surface area contributed by atoms with Crippen LogP contribution in [0.2, 0.25) is 0 Å². The average molecular weight is 557 g/mol. The van der Waals surface area contributed by atoms with Gasteiger partial charge in [0.1, 0.15) is 0 Å². The Labute approximate surface area is 257 Å². The van der Waals surface area contributed by atoms with E-state index >= 15 is 0 Å². The van der Waals surface area contributed by atoms with Crippen LogP contribution in [0.3, 0.4) is 0 Å². The van der Waals surface area contributed by atoms with Gasteiger partial charge in [-0.05, 0) is 100 Å². The van der Waals surface area contributed by atoms with Crippen molar-refractivity contribution in [1.82, 2.24) is 0 Å². The molecule has 0 heterocycles. The Morgan fingerprint density at radius 1 is 0.250 bits per heavy atom. The summed E-state index contributed by atoms with van der Waals surface area (Å²) in [6.07, 6.45) is 0. The van der Waals surface area contributed by atoms with Gasteiger partial charge < -0.3 is 0 Å². The maximum absolute atomic E-state index is 2.46. The van der Waals surface area contributed by atoms with Crippen LogP contribution in [0.15, 0.2) is 170 Å². The zero-order chi connectivity index (χ0) is 29.0. The smallest absolute Gasteiger partial charge is 0.000741 e. The number of hydrogen-bond donors (Lipinski definition) is 0. The lowest BCUT2D eigenvalue weighted by Crippen LogP contribution is -1.96. The molecule has 8 aromatic carbocycles. The minimum Gasteiger partial charge on any atom is -0.0622 e. The van der Waals surface area contributed by atoms with E-state index in [0.29, 0.717) is 0 Å². The van der Waals surface area contributed by atoms with Crippen LogP contribution >= 0.6 is 0 Å². The highest BCUT2D eigenvalue weighted by Crippen LogP contribution is 2.58. The highest BCUT2D eigenvalue weighted by atomic mass is 14.3. The molecule has 0 amide bonds. The van der Waals surface area contributed by atoms with Crippen molar-refractivity contribution in [3.8, 4) is 66.8 Å². The molecule has 0 spiro atoms. The molecule has 0 radical (unpaired) electrons. The van der Waals surface area contributed by atoms with Gasteiger partial charge in [0.15, 0.2) is 0 Å². The Hall–Kier alpha value is -5.72. The summed E-state index contributed by atoms with van der Waals surface area (Å²) in [6.45, 7) is 0. The molecule has 0 nitrogen and oxygen atoms in total. The SMILES string of the molecule is c1ccc(-c2cc3c(-c4ccccc4)c4c(c(-c5ccccc5)c3cc2-c2ccccc2)-c2cccc3cccc-4c23)cc1. The van der Waals surface area contributed by atoms with Crippen molar-refractivity contribution in [1.29, 1.82) is 0 Å². The summed E-state index contributed by atoms with van der Waals surface area (Å²) >= 11 is 0. The maximum Gasteiger partial charge on any atom is -0.000741 e. The van der Waals surface area contributed by atoms with Gasteiger partial charge in [-0.2, -0.15) is 0 Å². The molecule has 8 aromatic rings. The van der Waals surface area contributed by atoms with Crippen molar-refractivity contribution in [2.75, 3.05) is 0 Å². The predicted molar refractivity (Wildman–Crippen MR) is 188 cm³/mol. The van der Waals surface area contributed by atoms with Gasteiger partial charge in [0.25, 0.3) is 0 Å². The molecule has 44 heavy (non-hydrogen) atoms. The molecule has 0 aliphatic heterocycles. The molecule has 9 rings (SSSR count). The number of rotatable bonds is 4. The van der Waals surface area contributed by atoms with Crippen molar-refractivity contribution in [2.24, 2.45) is 0 Å². The van der Waals surface area contributed by atoms with Crippen molar-refractivity contribution in [3.05, 3.63) is 170 Å². The average Bonchev–Trinajstić information content (AvgIpc) is 3.43. The molecule has 0 bridgehead atoms. The number of hydrogen-bond acceptors (Lipinski definition) is 0. The normalized spacial score (nSPS) is 11.6. The second kappa shape index (κ2) is 9.93. The van der Waals surface area contributed by atoms with E-state index in [1.54, 1.807) is 0 Å². The topological polar surface area (TPSA) is 0 Å². The molecular weight excluding hydrogens is 528 g/mol. The number of benzene rings is 8. The van der Waals surface area contributed by atoms with Crippen LogP contribution in [0.4, 0.5) is 0 Å². The fraction of sp³-hybridized carbons (Fsp3) is 0. The fourth-order valence-corrected chi connectivity index (χ4v) is 7.35. The maximum atomic E-state index is 2.46. The Kier molecular flexibility index (Phi) is 5.61. The lowest BCUT2D eigenvalue weighted by Gasteiger charge is -2.23. The van der Waals surface area contributed by atoms with Gasteiger partial charge in [0.05, 0.1) is 0 Å². The molecule has 1 aliphatic carbocycles. The summed E-state index contributed by atoms with van der Waals surface area (Å²) in [5.74, 6) is 0. The van der Waals surface area contributed by atoms with Crippen LogP contribution in [0, 0.1) is 0 Å². The molecule has 0 atom stereocenters. The molecule has 0 unspecified atom stereocenters. The monoisotopic (exact) mass is 556 g/mol. The van der Waals surface area contributed by atoms with Crippen LogP contribution in [-0.2, 0) is 0 Å². The standard InChI is InChI=1S/C44H28/c1-5-15-29(16-6-1)36-27-38-39(28-37(36)30-17-7-2-8-18-30)42(33-21-11-4-12-22-33)44-35-26-14-24-31-23-13-25-34(40(31)35)43(44)41(38)32-19-9-3-10-20-32/h1-28H. The summed E-state index contributed by atoms with van der Waals surface area (Å²) < 4.78 is 0. The molecule has 1 aliphatic rings. The summed E-state index contributed by atoms with van der Waals surface area (Å²) in [4.78, 5) is 0. The summed E-state index contributed by atoms with van der Waals surface area (Å²) in [5, 5.41) is 5.18.